The zero-order valence-corrected chi connectivity index (χ0v) is 16.7. The van der Waals surface area contributed by atoms with Crippen molar-refractivity contribution in [3.63, 3.8) is 0 Å². The maximum atomic E-state index is 13.8. The first-order valence-corrected chi connectivity index (χ1v) is 9.53. The van der Waals surface area contributed by atoms with E-state index in [0.29, 0.717) is 26.8 Å². The highest BCUT2D eigenvalue weighted by molar-refractivity contribution is 9.10. The molecule has 0 amide bonds. The standard InChI is InChI=1S/C20H14BrFN6O/c1-9-25-15-3-2-11(6-17(15)26-9)28-20(23)12(8-24-28)19(29)18-5-10-4-14(22)13(21)7-16(10)27-18/h2-8,27H,23H2,1H3,(H,25,26). The Balaban J connectivity index is 1.55. The lowest BCUT2D eigenvalue weighted by atomic mass is 10.1. The number of aromatic amines is 2. The van der Waals surface area contributed by atoms with Crippen LogP contribution in [-0.2, 0) is 0 Å². The quantitative estimate of drug-likeness (QED) is 0.355. The Hall–Kier alpha value is -3.46. The number of halogens is 2. The Morgan fingerprint density at radius 3 is 2.83 bits per heavy atom. The van der Waals surface area contributed by atoms with Gasteiger partial charge >= 0.3 is 0 Å². The van der Waals surface area contributed by atoms with Crippen LogP contribution in [0.15, 0.2) is 47.1 Å². The van der Waals surface area contributed by atoms with Crippen LogP contribution < -0.4 is 5.73 Å². The molecule has 0 radical (unpaired) electrons. The predicted molar refractivity (Wildman–Crippen MR) is 112 cm³/mol. The van der Waals surface area contributed by atoms with Gasteiger partial charge in [-0.15, -0.1) is 0 Å². The molecule has 0 bridgehead atoms. The van der Waals surface area contributed by atoms with Gasteiger partial charge in [0, 0.05) is 10.9 Å². The second kappa shape index (κ2) is 6.28. The van der Waals surface area contributed by atoms with Crippen LogP contribution in [0.5, 0.6) is 0 Å². The van der Waals surface area contributed by atoms with Crippen molar-refractivity contribution in [1.82, 2.24) is 24.7 Å². The van der Waals surface area contributed by atoms with Crippen LogP contribution in [0.1, 0.15) is 21.9 Å². The summed E-state index contributed by atoms with van der Waals surface area (Å²) in [6, 6.07) is 10.1. The number of H-pyrrole nitrogens is 2. The minimum absolute atomic E-state index is 0.215. The molecule has 0 atom stereocenters. The molecule has 0 saturated carbocycles. The maximum Gasteiger partial charge on any atom is 0.214 e. The molecule has 144 valence electrons. The molecule has 0 spiro atoms. The van der Waals surface area contributed by atoms with Gasteiger partial charge in [-0.3, -0.25) is 4.79 Å². The number of fused-ring (bicyclic) bond motifs is 2. The minimum atomic E-state index is -0.396. The Morgan fingerprint density at radius 1 is 1.17 bits per heavy atom. The number of aryl methyl sites for hydroxylation is 1. The number of hydrogen-bond donors (Lipinski definition) is 3. The lowest BCUT2D eigenvalue weighted by Crippen LogP contribution is -2.07. The second-order valence-electron chi connectivity index (χ2n) is 6.74. The van der Waals surface area contributed by atoms with Crippen LogP contribution in [0.4, 0.5) is 10.2 Å². The molecule has 29 heavy (non-hydrogen) atoms. The third-order valence-electron chi connectivity index (χ3n) is 4.79. The fraction of sp³-hybridized carbons (Fsp3) is 0.0500. The number of benzene rings is 2. The van der Waals surface area contributed by atoms with E-state index in [1.807, 2.05) is 25.1 Å². The third-order valence-corrected chi connectivity index (χ3v) is 5.39. The number of nitrogens with zero attached hydrogens (tertiary/aromatic N) is 3. The van der Waals surface area contributed by atoms with E-state index >= 15 is 0 Å². The molecule has 0 aliphatic heterocycles. The normalized spacial score (nSPS) is 11.6. The number of nitrogens with two attached hydrogens (primary N) is 1. The van der Waals surface area contributed by atoms with Crippen LogP contribution in [-0.4, -0.2) is 30.5 Å². The number of carbonyl (C=O) groups is 1. The van der Waals surface area contributed by atoms with Crippen LogP contribution in [0, 0.1) is 12.7 Å². The Bertz CT molecular complexity index is 1390. The number of nitrogens with one attached hydrogen (secondary N) is 2. The number of nitrogen functional groups attached to an aromatic ring is 1. The van der Waals surface area contributed by atoms with Crippen LogP contribution in [0.25, 0.3) is 27.6 Å². The van der Waals surface area contributed by atoms with Gasteiger partial charge in [0.25, 0.3) is 0 Å². The second-order valence-corrected chi connectivity index (χ2v) is 7.60. The van der Waals surface area contributed by atoms with E-state index in [2.05, 4.69) is 36.0 Å². The summed E-state index contributed by atoms with van der Waals surface area (Å²) in [5.41, 5.74) is 9.83. The first-order valence-electron chi connectivity index (χ1n) is 8.73. The summed E-state index contributed by atoms with van der Waals surface area (Å²) in [5, 5.41) is 4.88. The zero-order chi connectivity index (χ0) is 20.3. The molecule has 0 aliphatic rings. The van der Waals surface area contributed by atoms with Crippen molar-refractivity contribution < 1.29 is 9.18 Å². The van der Waals surface area contributed by atoms with Gasteiger partial charge in [0.2, 0.25) is 5.78 Å². The van der Waals surface area contributed by atoms with Crippen molar-refractivity contribution in [2.75, 3.05) is 5.73 Å². The number of anilines is 1. The number of carbonyl (C=O) groups excluding carboxylic acids is 1. The lowest BCUT2D eigenvalue weighted by molar-refractivity contribution is 0.103. The lowest BCUT2D eigenvalue weighted by Gasteiger charge is -2.05. The topological polar surface area (TPSA) is 105 Å². The molecule has 3 heterocycles. The molecule has 5 rings (SSSR count). The molecule has 3 aromatic heterocycles. The van der Waals surface area contributed by atoms with Gasteiger partial charge in [0.05, 0.1) is 38.6 Å². The summed E-state index contributed by atoms with van der Waals surface area (Å²) in [4.78, 5) is 23.6. The van der Waals surface area contributed by atoms with Gasteiger partial charge in [0.1, 0.15) is 17.5 Å². The average molecular weight is 453 g/mol. The number of aromatic nitrogens is 5. The summed E-state index contributed by atoms with van der Waals surface area (Å²) in [7, 11) is 0. The van der Waals surface area contributed by atoms with E-state index in [9.17, 15) is 9.18 Å². The third kappa shape index (κ3) is 2.82. The smallest absolute Gasteiger partial charge is 0.214 e. The molecule has 0 aliphatic carbocycles. The number of ketones is 1. The highest BCUT2D eigenvalue weighted by Gasteiger charge is 2.20. The van der Waals surface area contributed by atoms with E-state index in [0.717, 1.165) is 16.9 Å². The number of hydrogen-bond acceptors (Lipinski definition) is 4. The van der Waals surface area contributed by atoms with Crippen LogP contribution in [0.3, 0.4) is 0 Å². The molecule has 2 aromatic carbocycles. The van der Waals surface area contributed by atoms with Gasteiger partial charge < -0.3 is 15.7 Å². The molecule has 0 saturated heterocycles. The monoisotopic (exact) mass is 452 g/mol. The SMILES string of the molecule is Cc1nc2cc(-n3ncc(C(=O)c4cc5cc(F)c(Br)cc5[nH]4)c3N)ccc2[nH]1. The first-order chi connectivity index (χ1) is 13.9. The van der Waals surface area contributed by atoms with Crippen molar-refractivity contribution in [2.45, 2.75) is 6.92 Å². The highest BCUT2D eigenvalue weighted by Crippen LogP contribution is 2.27. The summed E-state index contributed by atoms with van der Waals surface area (Å²) in [6.45, 7) is 1.88. The molecular formula is C20H14BrFN6O. The Morgan fingerprint density at radius 2 is 2.00 bits per heavy atom. The van der Waals surface area contributed by atoms with Gasteiger partial charge in [-0.05, 0) is 59.3 Å². The van der Waals surface area contributed by atoms with Crippen molar-refractivity contribution in [3.05, 3.63) is 70.0 Å². The summed E-state index contributed by atoms with van der Waals surface area (Å²) < 4.78 is 15.6. The van der Waals surface area contributed by atoms with Gasteiger partial charge in [-0.1, -0.05) is 0 Å². The first kappa shape index (κ1) is 17.6. The molecular weight excluding hydrogens is 439 g/mol. The fourth-order valence-electron chi connectivity index (χ4n) is 3.39. The minimum Gasteiger partial charge on any atom is -0.383 e. The van der Waals surface area contributed by atoms with E-state index in [1.165, 1.54) is 16.9 Å². The Labute approximate surface area is 171 Å². The summed E-state index contributed by atoms with van der Waals surface area (Å²) in [6.07, 6.45) is 1.43. The van der Waals surface area contributed by atoms with E-state index < -0.39 is 5.82 Å². The van der Waals surface area contributed by atoms with Crippen molar-refractivity contribution in [2.24, 2.45) is 0 Å². The van der Waals surface area contributed by atoms with Crippen molar-refractivity contribution in [1.29, 1.82) is 0 Å². The fourth-order valence-corrected chi connectivity index (χ4v) is 3.73. The van der Waals surface area contributed by atoms with Crippen LogP contribution >= 0.6 is 15.9 Å². The predicted octanol–water partition coefficient (Wildman–Crippen LogP) is 4.25. The largest absolute Gasteiger partial charge is 0.383 e. The van der Waals surface area contributed by atoms with Gasteiger partial charge in [-0.25, -0.2) is 14.1 Å². The summed E-state index contributed by atoms with van der Waals surface area (Å²) in [5.74, 6) is 0.306. The van der Waals surface area contributed by atoms with E-state index in [4.69, 9.17) is 5.73 Å². The molecule has 5 aromatic rings. The van der Waals surface area contributed by atoms with E-state index in [1.54, 1.807) is 12.1 Å². The summed E-state index contributed by atoms with van der Waals surface area (Å²) >= 11 is 3.15. The molecule has 0 unspecified atom stereocenters. The molecule has 7 nitrogen and oxygen atoms in total. The van der Waals surface area contributed by atoms with Crippen molar-refractivity contribution >= 4 is 49.5 Å². The highest BCUT2D eigenvalue weighted by atomic mass is 79.9. The Kier molecular flexibility index (Phi) is 3.82. The number of rotatable bonds is 3. The van der Waals surface area contributed by atoms with Gasteiger partial charge in [-0.2, -0.15) is 5.10 Å². The van der Waals surface area contributed by atoms with Crippen molar-refractivity contribution in [3.8, 4) is 5.69 Å². The zero-order valence-electron chi connectivity index (χ0n) is 15.1. The van der Waals surface area contributed by atoms with Crippen LogP contribution in [0.2, 0.25) is 0 Å². The average Bonchev–Trinajstić information content (AvgIpc) is 3.36. The molecule has 0 fully saturated rings. The molecule has 9 heteroatoms. The molecule has 4 N–H and O–H groups in total. The number of imidazole rings is 1. The van der Waals surface area contributed by atoms with Gasteiger partial charge in [0.15, 0.2) is 0 Å². The van der Waals surface area contributed by atoms with E-state index in [-0.39, 0.29) is 17.2 Å². The maximum absolute atomic E-state index is 13.8.